The van der Waals surface area contributed by atoms with Crippen molar-refractivity contribution in [2.24, 2.45) is 0 Å². The van der Waals surface area contributed by atoms with Gasteiger partial charge in [0, 0.05) is 0 Å². The van der Waals surface area contributed by atoms with E-state index in [1.54, 1.807) is 6.92 Å². The third-order valence-electron chi connectivity index (χ3n) is 2.85. The summed E-state index contributed by atoms with van der Waals surface area (Å²) < 4.78 is 0. The Morgan fingerprint density at radius 3 is 2.67 bits per heavy atom. The molecule has 0 spiro atoms. The number of nitrogen functional groups attached to an aromatic ring is 1. The van der Waals surface area contributed by atoms with Crippen LogP contribution < -0.4 is 16.6 Å². The molecule has 2 rings (SSSR count). The molecule has 0 unspecified atom stereocenters. The molecule has 1 aliphatic heterocycles. The van der Waals surface area contributed by atoms with E-state index in [2.05, 4.69) is 15.3 Å². The highest BCUT2D eigenvalue weighted by molar-refractivity contribution is 5.40. The van der Waals surface area contributed by atoms with E-state index in [4.69, 9.17) is 5.73 Å². The molecule has 2 heterocycles. The zero-order valence-electron chi connectivity index (χ0n) is 8.84. The van der Waals surface area contributed by atoms with E-state index in [-0.39, 0.29) is 11.5 Å². The zero-order valence-corrected chi connectivity index (χ0v) is 8.84. The monoisotopic (exact) mass is 208 g/mol. The number of nitrogens with one attached hydrogen (secondary N) is 2. The molecule has 0 aliphatic carbocycles. The molecule has 5 heteroatoms. The Labute approximate surface area is 88.1 Å². The van der Waals surface area contributed by atoms with Crippen molar-refractivity contribution in [1.82, 2.24) is 15.3 Å². The van der Waals surface area contributed by atoms with Gasteiger partial charge in [0.05, 0.1) is 5.56 Å². The third kappa shape index (κ3) is 2.02. The van der Waals surface area contributed by atoms with Crippen molar-refractivity contribution in [3.05, 3.63) is 21.7 Å². The number of nitrogens with zero attached hydrogens (tertiary/aromatic N) is 1. The van der Waals surface area contributed by atoms with Gasteiger partial charge in [-0.25, -0.2) is 4.98 Å². The molecular weight excluding hydrogens is 192 g/mol. The number of aryl methyl sites for hydroxylation is 1. The van der Waals surface area contributed by atoms with E-state index in [0.717, 1.165) is 25.9 Å². The molecule has 0 radical (unpaired) electrons. The minimum atomic E-state index is -0.0769. The van der Waals surface area contributed by atoms with Crippen molar-refractivity contribution in [1.29, 1.82) is 0 Å². The van der Waals surface area contributed by atoms with E-state index in [1.807, 2.05) is 0 Å². The Kier molecular flexibility index (Phi) is 2.73. The van der Waals surface area contributed by atoms with Gasteiger partial charge in [-0.05, 0) is 38.8 Å². The average Bonchev–Trinajstić information content (AvgIpc) is 2.17. The average molecular weight is 208 g/mol. The van der Waals surface area contributed by atoms with Crippen LogP contribution in [-0.4, -0.2) is 23.1 Å². The van der Waals surface area contributed by atoms with Gasteiger partial charge in [0.15, 0.2) is 0 Å². The van der Waals surface area contributed by atoms with Gasteiger partial charge in [-0.3, -0.25) is 4.79 Å². The summed E-state index contributed by atoms with van der Waals surface area (Å²) in [6, 6.07) is 0. The second-order valence-electron chi connectivity index (χ2n) is 3.97. The summed E-state index contributed by atoms with van der Waals surface area (Å²) in [5.41, 5.74) is 6.39. The predicted octanol–water partition coefficient (Wildman–Crippen LogP) is 0.128. The molecule has 4 N–H and O–H groups in total. The lowest BCUT2D eigenvalue weighted by Gasteiger charge is -2.22. The van der Waals surface area contributed by atoms with Crippen molar-refractivity contribution in [3.8, 4) is 0 Å². The third-order valence-corrected chi connectivity index (χ3v) is 2.85. The number of anilines is 1. The SMILES string of the molecule is Cc1nc(N)c(C2CCNCC2)c(=O)[nH]1. The predicted molar refractivity (Wildman–Crippen MR) is 58.9 cm³/mol. The summed E-state index contributed by atoms with van der Waals surface area (Å²) in [5, 5.41) is 3.26. The lowest BCUT2D eigenvalue weighted by atomic mass is 9.91. The normalized spacial score (nSPS) is 17.9. The molecule has 1 aromatic heterocycles. The summed E-state index contributed by atoms with van der Waals surface area (Å²) in [4.78, 5) is 18.6. The second-order valence-corrected chi connectivity index (χ2v) is 3.97. The van der Waals surface area contributed by atoms with Crippen LogP contribution in [0.15, 0.2) is 4.79 Å². The van der Waals surface area contributed by atoms with E-state index in [1.165, 1.54) is 0 Å². The maximum atomic E-state index is 11.8. The molecule has 0 aromatic carbocycles. The quantitative estimate of drug-likeness (QED) is 0.612. The van der Waals surface area contributed by atoms with E-state index < -0.39 is 0 Å². The summed E-state index contributed by atoms with van der Waals surface area (Å²) in [6.45, 7) is 3.62. The van der Waals surface area contributed by atoms with Crippen molar-refractivity contribution >= 4 is 5.82 Å². The molecule has 1 saturated heterocycles. The standard InChI is InChI=1S/C10H16N4O/c1-6-13-9(11)8(10(15)14-6)7-2-4-12-5-3-7/h7,12H,2-5H2,1H3,(H3,11,13,14,15). The van der Waals surface area contributed by atoms with Crippen LogP contribution in [-0.2, 0) is 0 Å². The topological polar surface area (TPSA) is 83.8 Å². The van der Waals surface area contributed by atoms with Crippen LogP contribution in [0.5, 0.6) is 0 Å². The molecule has 5 nitrogen and oxygen atoms in total. The Morgan fingerprint density at radius 1 is 1.40 bits per heavy atom. The van der Waals surface area contributed by atoms with E-state index in [0.29, 0.717) is 17.2 Å². The summed E-state index contributed by atoms with van der Waals surface area (Å²) in [7, 11) is 0. The molecule has 1 fully saturated rings. The van der Waals surface area contributed by atoms with Crippen LogP contribution >= 0.6 is 0 Å². The largest absolute Gasteiger partial charge is 0.383 e. The molecule has 15 heavy (non-hydrogen) atoms. The minimum Gasteiger partial charge on any atom is -0.383 e. The molecule has 1 aliphatic rings. The van der Waals surface area contributed by atoms with Gasteiger partial charge in [0.2, 0.25) is 0 Å². The van der Waals surface area contributed by atoms with Crippen molar-refractivity contribution in [2.75, 3.05) is 18.8 Å². The number of hydrogen-bond donors (Lipinski definition) is 3. The number of rotatable bonds is 1. The van der Waals surface area contributed by atoms with Crippen LogP contribution in [0.1, 0.15) is 30.1 Å². The first kappa shape index (κ1) is 10.2. The molecule has 0 amide bonds. The highest BCUT2D eigenvalue weighted by atomic mass is 16.1. The highest BCUT2D eigenvalue weighted by Crippen LogP contribution is 2.25. The Balaban J connectivity index is 2.38. The summed E-state index contributed by atoms with van der Waals surface area (Å²) in [5.74, 6) is 1.22. The van der Waals surface area contributed by atoms with Crippen LogP contribution in [0.3, 0.4) is 0 Å². The Morgan fingerprint density at radius 2 is 2.07 bits per heavy atom. The molecule has 0 bridgehead atoms. The van der Waals surface area contributed by atoms with Gasteiger partial charge in [0.25, 0.3) is 5.56 Å². The first-order valence-corrected chi connectivity index (χ1v) is 5.25. The number of hydrogen-bond acceptors (Lipinski definition) is 4. The van der Waals surface area contributed by atoms with E-state index >= 15 is 0 Å². The Bertz CT molecular complexity index is 406. The summed E-state index contributed by atoms with van der Waals surface area (Å²) in [6.07, 6.45) is 1.91. The van der Waals surface area contributed by atoms with Crippen molar-refractivity contribution in [3.63, 3.8) is 0 Å². The van der Waals surface area contributed by atoms with Gasteiger partial charge in [-0.2, -0.15) is 0 Å². The number of aromatic amines is 1. The fourth-order valence-corrected chi connectivity index (χ4v) is 2.12. The van der Waals surface area contributed by atoms with Gasteiger partial charge in [-0.1, -0.05) is 0 Å². The maximum Gasteiger partial charge on any atom is 0.256 e. The second kappa shape index (κ2) is 4.02. The maximum absolute atomic E-state index is 11.8. The van der Waals surface area contributed by atoms with Gasteiger partial charge >= 0.3 is 0 Å². The van der Waals surface area contributed by atoms with Crippen molar-refractivity contribution < 1.29 is 0 Å². The fourth-order valence-electron chi connectivity index (χ4n) is 2.12. The first-order chi connectivity index (χ1) is 7.18. The molecular formula is C10H16N4O. The highest BCUT2D eigenvalue weighted by Gasteiger charge is 2.21. The number of aromatic nitrogens is 2. The number of piperidine rings is 1. The van der Waals surface area contributed by atoms with Crippen molar-refractivity contribution in [2.45, 2.75) is 25.7 Å². The Hall–Kier alpha value is -1.36. The van der Waals surface area contributed by atoms with Gasteiger partial charge in [-0.15, -0.1) is 0 Å². The van der Waals surface area contributed by atoms with Crippen LogP contribution in [0, 0.1) is 6.92 Å². The lowest BCUT2D eigenvalue weighted by Crippen LogP contribution is -2.31. The lowest BCUT2D eigenvalue weighted by molar-refractivity contribution is 0.457. The number of nitrogens with two attached hydrogens (primary N) is 1. The van der Waals surface area contributed by atoms with Gasteiger partial charge < -0.3 is 16.0 Å². The smallest absolute Gasteiger partial charge is 0.256 e. The first-order valence-electron chi connectivity index (χ1n) is 5.25. The van der Waals surface area contributed by atoms with Crippen LogP contribution in [0.4, 0.5) is 5.82 Å². The molecule has 0 atom stereocenters. The molecule has 82 valence electrons. The van der Waals surface area contributed by atoms with Crippen LogP contribution in [0.2, 0.25) is 0 Å². The summed E-state index contributed by atoms with van der Waals surface area (Å²) >= 11 is 0. The minimum absolute atomic E-state index is 0.0769. The molecule has 1 aromatic rings. The zero-order chi connectivity index (χ0) is 10.8. The number of H-pyrrole nitrogens is 1. The fraction of sp³-hybridized carbons (Fsp3) is 0.600. The van der Waals surface area contributed by atoms with Crippen LogP contribution in [0.25, 0.3) is 0 Å². The van der Waals surface area contributed by atoms with E-state index in [9.17, 15) is 4.79 Å². The molecule has 0 saturated carbocycles. The van der Waals surface area contributed by atoms with Gasteiger partial charge in [0.1, 0.15) is 11.6 Å².